The summed E-state index contributed by atoms with van der Waals surface area (Å²) in [6.45, 7) is 19.2. The van der Waals surface area contributed by atoms with Crippen LogP contribution in [0.2, 0.25) is 1.78 Å². The standard InChI is InChI=1S/2C12H21O2.Ba/c2*1-7-12(5,6)10(14)8-9(13)11(2,3)4;/h2*2,7-8H2,1,3-6H3;. The average molecular weight is 532 g/mol. The van der Waals surface area contributed by atoms with Crippen molar-refractivity contribution < 1.29 is 19.2 Å². The van der Waals surface area contributed by atoms with Crippen molar-refractivity contribution >= 4 is 67.3 Å². The third kappa shape index (κ3) is 9.10. The maximum absolute atomic E-state index is 12.7. The molecule has 0 spiro atoms. The van der Waals surface area contributed by atoms with Crippen molar-refractivity contribution in [2.75, 3.05) is 0 Å². The van der Waals surface area contributed by atoms with Gasteiger partial charge in [0.2, 0.25) is 0 Å². The van der Waals surface area contributed by atoms with Gasteiger partial charge in [-0.15, -0.1) is 0 Å². The topological polar surface area (TPSA) is 68.3 Å². The number of carbonyl (C=O) groups is 4. The number of Topliss-reactive ketones (excluding diaryl/α,β-unsaturated/α-hetero) is 4. The molecule has 0 amide bonds. The summed E-state index contributed by atoms with van der Waals surface area (Å²) in [5.74, 6) is 0.0747. The first-order valence-electron chi connectivity index (χ1n) is 11.1. The van der Waals surface area contributed by atoms with E-state index in [0.29, 0.717) is 0 Å². The first-order chi connectivity index (χ1) is 12.9. The number of ketones is 4. The van der Waals surface area contributed by atoms with Crippen molar-refractivity contribution in [3.8, 4) is 0 Å². The number of carbonyl (C=O) groups excluding carboxylic acids is 4. The normalized spacial score (nSPS) is 13.0. The van der Waals surface area contributed by atoms with Crippen molar-refractivity contribution in [3.05, 3.63) is 0 Å². The fourth-order valence-electron chi connectivity index (χ4n) is 2.89. The van der Waals surface area contributed by atoms with Crippen LogP contribution in [0.4, 0.5) is 0 Å². The van der Waals surface area contributed by atoms with Gasteiger partial charge in [0.15, 0.2) is 0 Å². The molecule has 0 N–H and O–H groups in total. The van der Waals surface area contributed by atoms with Crippen LogP contribution in [-0.2, 0) is 19.2 Å². The number of hydrogen-bond donors (Lipinski definition) is 0. The Labute approximate surface area is 203 Å². The molecule has 5 heteroatoms. The number of rotatable bonds is 14. The molecule has 4 nitrogen and oxygen atoms in total. The molecule has 29 heavy (non-hydrogen) atoms. The Morgan fingerprint density at radius 3 is 1.00 bits per heavy atom. The van der Waals surface area contributed by atoms with Crippen LogP contribution in [0.15, 0.2) is 0 Å². The molecule has 0 unspecified atom stereocenters. The molecular weight excluding hydrogens is 490 g/mol. The Morgan fingerprint density at radius 2 is 0.759 bits per heavy atom. The first kappa shape index (κ1) is 29.3. The Kier molecular flexibility index (Phi) is 11.3. The van der Waals surface area contributed by atoms with E-state index in [4.69, 9.17) is 0 Å². The fourth-order valence-corrected chi connectivity index (χ4v) is 10.8. The van der Waals surface area contributed by atoms with E-state index in [0.717, 1.165) is 14.6 Å². The molecule has 0 aromatic rings. The maximum atomic E-state index is 12.7. The van der Waals surface area contributed by atoms with Gasteiger partial charge in [0.25, 0.3) is 0 Å². The van der Waals surface area contributed by atoms with Gasteiger partial charge in [-0.1, -0.05) is 0 Å². The zero-order chi connectivity index (χ0) is 23.3. The molecule has 0 bridgehead atoms. The summed E-state index contributed by atoms with van der Waals surface area (Å²) in [4.78, 5) is 50.2. The summed E-state index contributed by atoms with van der Waals surface area (Å²) in [6, 6.07) is 0. The van der Waals surface area contributed by atoms with E-state index in [9.17, 15) is 19.2 Å². The first-order valence-corrected chi connectivity index (χ1v) is 17.3. The molecule has 0 aliphatic heterocycles. The predicted molar refractivity (Wildman–Crippen MR) is 120 cm³/mol. The second-order valence-corrected chi connectivity index (χ2v) is 16.5. The molecule has 164 valence electrons. The van der Waals surface area contributed by atoms with Crippen LogP contribution < -0.4 is 0 Å². The second kappa shape index (κ2) is 11.2. The van der Waals surface area contributed by atoms with Gasteiger partial charge in [-0.3, -0.25) is 0 Å². The monoisotopic (exact) mass is 532 g/mol. The predicted octanol–water partition coefficient (Wildman–Crippen LogP) is 5.51. The van der Waals surface area contributed by atoms with E-state index >= 15 is 0 Å². The van der Waals surface area contributed by atoms with Crippen LogP contribution in [0, 0.1) is 21.7 Å². The molecule has 0 aromatic carbocycles. The van der Waals surface area contributed by atoms with Crippen molar-refractivity contribution in [2.45, 2.75) is 96.7 Å². The molecule has 0 heterocycles. The van der Waals surface area contributed by atoms with Crippen molar-refractivity contribution in [1.29, 1.82) is 0 Å². The van der Waals surface area contributed by atoms with E-state index in [1.807, 2.05) is 69.2 Å². The van der Waals surface area contributed by atoms with Crippen LogP contribution in [0.3, 0.4) is 0 Å². The Bertz CT molecular complexity index is 573. The van der Waals surface area contributed by atoms with Gasteiger partial charge < -0.3 is 0 Å². The second-order valence-electron chi connectivity index (χ2n) is 11.1. The number of hydrogen-bond acceptors (Lipinski definition) is 4. The summed E-state index contributed by atoms with van der Waals surface area (Å²) in [5, 5.41) is 0. The van der Waals surface area contributed by atoms with Gasteiger partial charge >= 0.3 is 205 Å². The van der Waals surface area contributed by atoms with E-state index in [1.165, 1.54) is 0 Å². The SMILES string of the molecule is CCC(C)(C)C(=O)CC(=O)C(C)(C)[CH2][Ba][CH2]C(C)(C)C(=O)CC(=O)C(C)(C)CC. The van der Waals surface area contributed by atoms with Gasteiger partial charge in [-0.25, -0.2) is 0 Å². The molecular formula is C24H42BaO4. The molecule has 0 fully saturated rings. The summed E-state index contributed by atoms with van der Waals surface area (Å²) in [7, 11) is 0. The van der Waals surface area contributed by atoms with E-state index in [-0.39, 0.29) is 36.0 Å². The molecule has 0 rings (SSSR count). The Hall–Kier alpha value is 0.251. The molecule has 0 aromatic heterocycles. The summed E-state index contributed by atoms with van der Waals surface area (Å²) in [5.41, 5.74) is -1.91. The van der Waals surface area contributed by atoms with Crippen molar-refractivity contribution in [2.24, 2.45) is 21.7 Å². The van der Waals surface area contributed by atoms with Crippen LogP contribution in [0.25, 0.3) is 0 Å². The van der Waals surface area contributed by atoms with Gasteiger partial charge in [-0.05, 0) is 0 Å². The van der Waals surface area contributed by atoms with Gasteiger partial charge in [-0.2, -0.15) is 0 Å². The van der Waals surface area contributed by atoms with Gasteiger partial charge in [0.05, 0.1) is 0 Å². The minimum absolute atomic E-state index is 0.00457. The Balaban J connectivity index is 4.81. The van der Waals surface area contributed by atoms with Crippen molar-refractivity contribution in [3.63, 3.8) is 0 Å². The zero-order valence-corrected chi connectivity index (χ0v) is 25.0. The fraction of sp³-hybridized carbons (Fsp3) is 0.833. The summed E-state index contributed by atoms with van der Waals surface area (Å²) < 4.78 is 1.69. The van der Waals surface area contributed by atoms with Gasteiger partial charge in [0, 0.05) is 0 Å². The van der Waals surface area contributed by atoms with Crippen LogP contribution >= 0.6 is 0 Å². The molecule has 0 aliphatic carbocycles. The average Bonchev–Trinajstić information content (AvgIpc) is 2.60. The molecule has 0 radical (unpaired) electrons. The Morgan fingerprint density at radius 1 is 0.517 bits per heavy atom. The van der Waals surface area contributed by atoms with E-state index < -0.39 is 65.8 Å². The molecule has 0 saturated heterocycles. The van der Waals surface area contributed by atoms with Crippen LogP contribution in [0.1, 0.15) is 94.9 Å². The van der Waals surface area contributed by atoms with E-state index in [1.54, 1.807) is 0 Å². The van der Waals surface area contributed by atoms with Crippen LogP contribution in [0.5, 0.6) is 0 Å². The summed E-state index contributed by atoms with van der Waals surface area (Å²) in [6.07, 6.45) is 1.46. The van der Waals surface area contributed by atoms with E-state index in [2.05, 4.69) is 0 Å². The quantitative estimate of drug-likeness (QED) is 0.219. The van der Waals surface area contributed by atoms with Gasteiger partial charge in [0.1, 0.15) is 0 Å². The zero-order valence-electron chi connectivity index (χ0n) is 20.6. The third-order valence-corrected chi connectivity index (χ3v) is 17.1. The summed E-state index contributed by atoms with van der Waals surface area (Å²) >= 11 is -1.53. The van der Waals surface area contributed by atoms with Crippen molar-refractivity contribution in [1.82, 2.24) is 0 Å². The van der Waals surface area contributed by atoms with Crippen LogP contribution in [-0.4, -0.2) is 67.3 Å². The molecule has 0 saturated carbocycles. The third-order valence-electron chi connectivity index (χ3n) is 7.03. The molecule has 0 aliphatic rings. The minimum atomic E-state index is -1.53. The molecule has 0 atom stereocenters.